The minimum atomic E-state index is -0.0622. The highest BCUT2D eigenvalue weighted by Gasteiger charge is 2.18. The lowest BCUT2D eigenvalue weighted by Crippen LogP contribution is -2.39. The largest absolute Gasteiger partial charge is 0.372 e. The maximum Gasteiger partial charge on any atom is 0.322 e. The van der Waals surface area contributed by atoms with Crippen molar-refractivity contribution in [3.05, 3.63) is 60.2 Å². The third-order valence-corrected chi connectivity index (χ3v) is 4.67. The lowest BCUT2D eigenvalue weighted by Gasteiger charge is -2.27. The minimum Gasteiger partial charge on any atom is -0.372 e. The fraction of sp³-hybridized carbons (Fsp3) is 0.381. The highest BCUT2D eigenvalue weighted by Crippen LogP contribution is 2.22. The second-order valence-corrected chi connectivity index (χ2v) is 6.88. The van der Waals surface area contributed by atoms with Crippen LogP contribution < -0.4 is 10.2 Å². The van der Waals surface area contributed by atoms with Gasteiger partial charge in [0, 0.05) is 37.1 Å². The number of benzene rings is 2. The second kappa shape index (κ2) is 8.06. The van der Waals surface area contributed by atoms with Crippen molar-refractivity contribution >= 4 is 17.4 Å². The van der Waals surface area contributed by atoms with E-state index in [4.69, 9.17) is 0 Å². The number of hydrogen-bond acceptors (Lipinski definition) is 2. The van der Waals surface area contributed by atoms with Crippen molar-refractivity contribution in [2.45, 2.75) is 39.3 Å². The van der Waals surface area contributed by atoms with Crippen molar-refractivity contribution in [2.75, 3.05) is 23.3 Å². The molecule has 25 heavy (non-hydrogen) atoms. The van der Waals surface area contributed by atoms with Gasteiger partial charge in [0.1, 0.15) is 0 Å². The van der Waals surface area contributed by atoms with Crippen LogP contribution in [0.3, 0.4) is 0 Å². The van der Waals surface area contributed by atoms with Crippen LogP contribution in [0.2, 0.25) is 0 Å². The van der Waals surface area contributed by atoms with E-state index in [1.54, 1.807) is 0 Å². The average molecular weight is 337 g/mol. The summed E-state index contributed by atoms with van der Waals surface area (Å²) in [5, 5.41) is 3.03. The highest BCUT2D eigenvalue weighted by molar-refractivity contribution is 5.89. The van der Waals surface area contributed by atoms with E-state index in [1.165, 1.54) is 18.5 Å². The molecule has 0 atom stereocenters. The van der Waals surface area contributed by atoms with Gasteiger partial charge in [-0.05, 0) is 56.5 Å². The first-order valence-electron chi connectivity index (χ1n) is 9.10. The molecule has 2 aromatic rings. The molecule has 4 nitrogen and oxygen atoms in total. The maximum absolute atomic E-state index is 12.7. The van der Waals surface area contributed by atoms with E-state index in [2.05, 4.69) is 22.3 Å². The summed E-state index contributed by atoms with van der Waals surface area (Å²) in [6.45, 7) is 6.95. The third kappa shape index (κ3) is 4.53. The molecule has 1 aliphatic heterocycles. The summed E-state index contributed by atoms with van der Waals surface area (Å²) in [6, 6.07) is 18.3. The Hall–Kier alpha value is -2.49. The highest BCUT2D eigenvalue weighted by atomic mass is 16.2. The number of carbonyl (C=O) groups excluding carboxylic acids is 1. The Kier molecular flexibility index (Phi) is 5.59. The SMILES string of the molecule is CC(C)N(Cc1ccccc1)C(=O)Nc1ccc(N2CCCC2)cc1. The zero-order valence-corrected chi connectivity index (χ0v) is 15.1. The molecule has 0 bridgehead atoms. The Labute approximate surface area is 150 Å². The summed E-state index contributed by atoms with van der Waals surface area (Å²) < 4.78 is 0. The number of nitrogens with zero attached hydrogens (tertiary/aromatic N) is 2. The Morgan fingerprint density at radius 2 is 1.68 bits per heavy atom. The molecule has 4 heteroatoms. The monoisotopic (exact) mass is 337 g/mol. The van der Waals surface area contributed by atoms with Crippen molar-refractivity contribution in [1.82, 2.24) is 4.90 Å². The van der Waals surface area contributed by atoms with Crippen molar-refractivity contribution in [1.29, 1.82) is 0 Å². The Morgan fingerprint density at radius 1 is 1.04 bits per heavy atom. The van der Waals surface area contributed by atoms with Gasteiger partial charge in [0.15, 0.2) is 0 Å². The molecule has 1 aliphatic rings. The zero-order chi connectivity index (χ0) is 17.6. The van der Waals surface area contributed by atoms with E-state index in [-0.39, 0.29) is 12.1 Å². The zero-order valence-electron chi connectivity index (χ0n) is 15.1. The van der Waals surface area contributed by atoms with Crippen LogP contribution in [0.25, 0.3) is 0 Å². The number of rotatable bonds is 5. The first-order valence-corrected chi connectivity index (χ1v) is 9.10. The van der Waals surface area contributed by atoms with Crippen LogP contribution in [0.1, 0.15) is 32.3 Å². The number of hydrogen-bond donors (Lipinski definition) is 1. The molecular formula is C21H27N3O. The van der Waals surface area contributed by atoms with Crippen LogP contribution in [0.4, 0.5) is 16.2 Å². The standard InChI is InChI=1S/C21H27N3O/c1-17(2)24(16-18-8-4-3-5-9-18)21(25)22-19-10-12-20(13-11-19)23-14-6-7-15-23/h3-5,8-13,17H,6-7,14-16H2,1-2H3,(H,22,25). The number of carbonyl (C=O) groups is 1. The Balaban J connectivity index is 1.64. The average Bonchev–Trinajstić information content (AvgIpc) is 3.15. The first kappa shape index (κ1) is 17.3. The molecule has 0 aliphatic carbocycles. The van der Waals surface area contributed by atoms with Gasteiger partial charge >= 0.3 is 6.03 Å². The maximum atomic E-state index is 12.7. The predicted molar refractivity (Wildman–Crippen MR) is 104 cm³/mol. The normalized spacial score (nSPS) is 14.0. The molecule has 1 N–H and O–H groups in total. The molecule has 1 fully saturated rings. The van der Waals surface area contributed by atoms with Crippen LogP contribution in [-0.4, -0.2) is 30.1 Å². The van der Waals surface area contributed by atoms with Crippen molar-refractivity contribution in [2.24, 2.45) is 0 Å². The summed E-state index contributed by atoms with van der Waals surface area (Å²) in [4.78, 5) is 16.9. The predicted octanol–water partition coefficient (Wildman–Crippen LogP) is 4.73. The van der Waals surface area contributed by atoms with Crippen LogP contribution in [-0.2, 0) is 6.54 Å². The van der Waals surface area contributed by atoms with Gasteiger partial charge in [-0.3, -0.25) is 0 Å². The molecule has 1 heterocycles. The Bertz CT molecular complexity index is 676. The van der Waals surface area contributed by atoms with E-state index in [9.17, 15) is 4.79 Å². The van der Waals surface area contributed by atoms with E-state index >= 15 is 0 Å². The minimum absolute atomic E-state index is 0.0622. The van der Waals surface area contributed by atoms with E-state index < -0.39 is 0 Å². The number of urea groups is 1. The van der Waals surface area contributed by atoms with Crippen molar-refractivity contribution in [3.8, 4) is 0 Å². The molecule has 0 aromatic heterocycles. The fourth-order valence-electron chi connectivity index (χ4n) is 3.20. The lowest BCUT2D eigenvalue weighted by atomic mass is 10.2. The van der Waals surface area contributed by atoms with E-state index in [0.717, 1.165) is 24.3 Å². The molecule has 0 spiro atoms. The molecule has 3 rings (SSSR count). The summed E-state index contributed by atoms with van der Waals surface area (Å²) in [5.74, 6) is 0. The molecular weight excluding hydrogens is 310 g/mol. The topological polar surface area (TPSA) is 35.6 Å². The van der Waals surface area contributed by atoms with Gasteiger partial charge in [-0.1, -0.05) is 30.3 Å². The molecule has 1 saturated heterocycles. The van der Waals surface area contributed by atoms with Crippen LogP contribution in [0.5, 0.6) is 0 Å². The summed E-state index contributed by atoms with van der Waals surface area (Å²) in [5.41, 5.74) is 3.21. The summed E-state index contributed by atoms with van der Waals surface area (Å²) in [7, 11) is 0. The Morgan fingerprint density at radius 3 is 2.28 bits per heavy atom. The van der Waals surface area contributed by atoms with Gasteiger partial charge < -0.3 is 15.1 Å². The number of nitrogens with one attached hydrogen (secondary N) is 1. The van der Waals surface area contributed by atoms with Gasteiger partial charge in [0.25, 0.3) is 0 Å². The fourth-order valence-corrected chi connectivity index (χ4v) is 3.20. The first-order chi connectivity index (χ1) is 12.1. The molecule has 2 amide bonds. The molecule has 2 aromatic carbocycles. The van der Waals surface area contributed by atoms with E-state index in [0.29, 0.717) is 6.54 Å². The molecule has 0 saturated carbocycles. The van der Waals surface area contributed by atoms with E-state index in [1.807, 2.05) is 61.2 Å². The number of amides is 2. The van der Waals surface area contributed by atoms with Gasteiger partial charge in [-0.15, -0.1) is 0 Å². The smallest absolute Gasteiger partial charge is 0.322 e. The van der Waals surface area contributed by atoms with Crippen LogP contribution >= 0.6 is 0 Å². The van der Waals surface area contributed by atoms with Gasteiger partial charge in [0.05, 0.1) is 0 Å². The summed E-state index contributed by atoms with van der Waals surface area (Å²) >= 11 is 0. The lowest BCUT2D eigenvalue weighted by molar-refractivity contribution is 0.193. The quantitative estimate of drug-likeness (QED) is 0.856. The van der Waals surface area contributed by atoms with Crippen LogP contribution in [0, 0.1) is 0 Å². The molecule has 0 unspecified atom stereocenters. The number of anilines is 2. The molecule has 132 valence electrons. The van der Waals surface area contributed by atoms with Crippen LogP contribution in [0.15, 0.2) is 54.6 Å². The van der Waals surface area contributed by atoms with Gasteiger partial charge in [-0.25, -0.2) is 4.79 Å². The summed E-state index contributed by atoms with van der Waals surface area (Å²) in [6.07, 6.45) is 2.53. The van der Waals surface area contributed by atoms with Crippen molar-refractivity contribution in [3.63, 3.8) is 0 Å². The second-order valence-electron chi connectivity index (χ2n) is 6.88. The third-order valence-electron chi connectivity index (χ3n) is 4.67. The van der Waals surface area contributed by atoms with Gasteiger partial charge in [0.2, 0.25) is 0 Å². The molecule has 0 radical (unpaired) electrons. The van der Waals surface area contributed by atoms with Crippen molar-refractivity contribution < 1.29 is 4.79 Å². The van der Waals surface area contributed by atoms with Gasteiger partial charge in [-0.2, -0.15) is 0 Å².